The van der Waals surface area contributed by atoms with E-state index >= 15 is 0 Å². The number of nitrogens with one attached hydrogen (secondary N) is 1. The average molecular weight is 342 g/mol. The van der Waals surface area contributed by atoms with Crippen LogP contribution in [0, 0.1) is 12.3 Å². The van der Waals surface area contributed by atoms with Gasteiger partial charge in [-0.1, -0.05) is 56.1 Å². The first-order chi connectivity index (χ1) is 11.3. The number of halogens is 1. The summed E-state index contributed by atoms with van der Waals surface area (Å²) in [5.41, 5.74) is 4.69. The topological polar surface area (TPSA) is 25.2 Å². The van der Waals surface area contributed by atoms with Gasteiger partial charge in [-0.05, 0) is 42.2 Å². The molecule has 0 saturated carbocycles. The molecular formula is C21H24ClNO. The van der Waals surface area contributed by atoms with Crippen LogP contribution < -0.4 is 5.32 Å². The van der Waals surface area contributed by atoms with Crippen molar-refractivity contribution in [3.63, 3.8) is 0 Å². The Hall–Kier alpha value is -1.77. The minimum Gasteiger partial charge on any atom is -0.459 e. The third kappa shape index (κ3) is 3.82. The Morgan fingerprint density at radius 1 is 1.04 bits per heavy atom. The van der Waals surface area contributed by atoms with Crippen molar-refractivity contribution >= 4 is 22.6 Å². The maximum absolute atomic E-state index is 6.16. The van der Waals surface area contributed by atoms with E-state index in [-0.39, 0.29) is 5.41 Å². The molecule has 0 unspecified atom stereocenters. The van der Waals surface area contributed by atoms with E-state index in [0.29, 0.717) is 6.54 Å². The quantitative estimate of drug-likeness (QED) is 0.611. The summed E-state index contributed by atoms with van der Waals surface area (Å²) in [4.78, 5) is 0. The molecule has 0 saturated heterocycles. The minimum atomic E-state index is 0.239. The first kappa shape index (κ1) is 17.1. The van der Waals surface area contributed by atoms with Crippen molar-refractivity contribution in [2.45, 2.75) is 34.2 Å². The second-order valence-electron chi connectivity index (χ2n) is 7.57. The van der Waals surface area contributed by atoms with Gasteiger partial charge in [0.05, 0.1) is 6.54 Å². The SMILES string of the molecule is Cc1ccc2oc(CNCC(C)(C)C)c(-c3ccc(Cl)cc3)c2c1. The Morgan fingerprint density at radius 2 is 1.75 bits per heavy atom. The number of benzene rings is 2. The number of rotatable bonds is 4. The fraction of sp³-hybridized carbons (Fsp3) is 0.333. The summed E-state index contributed by atoms with van der Waals surface area (Å²) in [7, 11) is 0. The molecule has 1 aromatic heterocycles. The number of hydrogen-bond donors (Lipinski definition) is 1. The molecule has 1 heterocycles. The lowest BCUT2D eigenvalue weighted by Crippen LogP contribution is -2.26. The normalized spacial score (nSPS) is 12.0. The van der Waals surface area contributed by atoms with Crippen LogP contribution in [0.25, 0.3) is 22.1 Å². The van der Waals surface area contributed by atoms with Crippen LogP contribution in [-0.4, -0.2) is 6.54 Å². The lowest BCUT2D eigenvalue weighted by atomic mass is 9.97. The lowest BCUT2D eigenvalue weighted by Gasteiger charge is -2.18. The second-order valence-corrected chi connectivity index (χ2v) is 8.01. The predicted octanol–water partition coefficient (Wildman–Crippen LogP) is 6.20. The smallest absolute Gasteiger partial charge is 0.135 e. The van der Waals surface area contributed by atoms with Crippen LogP contribution in [0.4, 0.5) is 0 Å². The summed E-state index contributed by atoms with van der Waals surface area (Å²) in [5, 5.41) is 5.42. The monoisotopic (exact) mass is 341 g/mol. The van der Waals surface area contributed by atoms with Crippen molar-refractivity contribution in [1.82, 2.24) is 5.32 Å². The molecular weight excluding hydrogens is 318 g/mol. The van der Waals surface area contributed by atoms with Gasteiger partial charge in [0, 0.05) is 22.5 Å². The first-order valence-electron chi connectivity index (χ1n) is 8.32. The summed E-state index contributed by atoms with van der Waals surface area (Å²) in [6.07, 6.45) is 0. The van der Waals surface area contributed by atoms with Crippen LogP contribution >= 0.6 is 11.6 Å². The van der Waals surface area contributed by atoms with Gasteiger partial charge in [0.1, 0.15) is 11.3 Å². The van der Waals surface area contributed by atoms with Gasteiger partial charge < -0.3 is 9.73 Å². The Bertz CT molecular complexity index is 841. The predicted molar refractivity (Wildman–Crippen MR) is 103 cm³/mol. The van der Waals surface area contributed by atoms with Crippen molar-refractivity contribution in [2.24, 2.45) is 5.41 Å². The van der Waals surface area contributed by atoms with Gasteiger partial charge in [0.2, 0.25) is 0 Å². The van der Waals surface area contributed by atoms with E-state index in [2.05, 4.69) is 63.3 Å². The van der Waals surface area contributed by atoms with Gasteiger partial charge in [-0.15, -0.1) is 0 Å². The molecule has 0 aliphatic carbocycles. The van der Waals surface area contributed by atoms with Crippen LogP contribution in [0.2, 0.25) is 5.02 Å². The zero-order valence-electron chi connectivity index (χ0n) is 14.7. The van der Waals surface area contributed by atoms with Crippen LogP contribution in [-0.2, 0) is 6.54 Å². The zero-order valence-corrected chi connectivity index (χ0v) is 15.5. The molecule has 0 bridgehead atoms. The summed E-state index contributed by atoms with van der Waals surface area (Å²) in [5.74, 6) is 0.974. The van der Waals surface area contributed by atoms with Crippen molar-refractivity contribution < 1.29 is 4.42 Å². The molecule has 3 heteroatoms. The van der Waals surface area contributed by atoms with E-state index in [1.165, 1.54) is 5.56 Å². The van der Waals surface area contributed by atoms with Crippen molar-refractivity contribution in [3.8, 4) is 11.1 Å². The van der Waals surface area contributed by atoms with Crippen molar-refractivity contribution in [3.05, 3.63) is 58.8 Å². The third-order valence-corrected chi connectivity index (χ3v) is 4.24. The number of furan rings is 1. The molecule has 0 spiro atoms. The Balaban J connectivity index is 2.04. The van der Waals surface area contributed by atoms with Gasteiger partial charge in [-0.25, -0.2) is 0 Å². The molecule has 0 radical (unpaired) electrons. The van der Waals surface area contributed by atoms with E-state index in [1.54, 1.807) is 0 Å². The van der Waals surface area contributed by atoms with Crippen molar-refractivity contribution in [2.75, 3.05) is 6.54 Å². The van der Waals surface area contributed by atoms with E-state index in [1.807, 2.05) is 12.1 Å². The van der Waals surface area contributed by atoms with Crippen molar-refractivity contribution in [1.29, 1.82) is 0 Å². The highest BCUT2D eigenvalue weighted by Gasteiger charge is 2.17. The molecule has 0 aliphatic rings. The van der Waals surface area contributed by atoms with Gasteiger partial charge in [-0.2, -0.15) is 0 Å². The molecule has 0 amide bonds. The average Bonchev–Trinajstić information content (AvgIpc) is 2.84. The fourth-order valence-corrected chi connectivity index (χ4v) is 3.00. The highest BCUT2D eigenvalue weighted by molar-refractivity contribution is 6.30. The molecule has 2 nitrogen and oxygen atoms in total. The molecule has 126 valence electrons. The van der Waals surface area contributed by atoms with E-state index in [0.717, 1.165) is 39.4 Å². The molecule has 0 aliphatic heterocycles. The molecule has 1 N–H and O–H groups in total. The van der Waals surface area contributed by atoms with Gasteiger partial charge in [0.15, 0.2) is 0 Å². The Kier molecular flexibility index (Phi) is 4.71. The second kappa shape index (κ2) is 6.62. The third-order valence-electron chi connectivity index (χ3n) is 3.99. The summed E-state index contributed by atoms with van der Waals surface area (Å²) < 4.78 is 6.16. The first-order valence-corrected chi connectivity index (χ1v) is 8.70. The zero-order chi connectivity index (χ0) is 17.3. The molecule has 0 atom stereocenters. The summed E-state index contributed by atoms with van der Waals surface area (Å²) in [6, 6.07) is 14.3. The maximum atomic E-state index is 6.16. The highest BCUT2D eigenvalue weighted by Crippen LogP contribution is 2.36. The standard InChI is InChI=1S/C21H24ClNO/c1-14-5-10-18-17(11-14)20(15-6-8-16(22)9-7-15)19(24-18)12-23-13-21(2,3)4/h5-11,23H,12-13H2,1-4H3. The minimum absolute atomic E-state index is 0.239. The number of fused-ring (bicyclic) bond motifs is 1. The van der Waals surface area contributed by atoms with E-state index in [4.69, 9.17) is 16.0 Å². The molecule has 0 fully saturated rings. The largest absolute Gasteiger partial charge is 0.459 e. The molecule has 2 aromatic carbocycles. The van der Waals surface area contributed by atoms with Crippen LogP contribution in [0.1, 0.15) is 32.1 Å². The number of aryl methyl sites for hydroxylation is 1. The van der Waals surface area contributed by atoms with Gasteiger partial charge in [-0.3, -0.25) is 0 Å². The van der Waals surface area contributed by atoms with Crippen LogP contribution in [0.3, 0.4) is 0 Å². The lowest BCUT2D eigenvalue weighted by molar-refractivity contribution is 0.369. The Morgan fingerprint density at radius 3 is 2.42 bits per heavy atom. The highest BCUT2D eigenvalue weighted by atomic mass is 35.5. The Labute approximate surface area is 148 Å². The van der Waals surface area contributed by atoms with Crippen LogP contribution in [0.5, 0.6) is 0 Å². The van der Waals surface area contributed by atoms with E-state index in [9.17, 15) is 0 Å². The molecule has 3 rings (SSSR count). The number of hydrogen-bond acceptors (Lipinski definition) is 2. The maximum Gasteiger partial charge on any atom is 0.135 e. The fourth-order valence-electron chi connectivity index (χ4n) is 2.87. The summed E-state index contributed by atoms with van der Waals surface area (Å²) >= 11 is 6.05. The van der Waals surface area contributed by atoms with Gasteiger partial charge in [0.25, 0.3) is 0 Å². The van der Waals surface area contributed by atoms with Crippen LogP contribution in [0.15, 0.2) is 46.9 Å². The molecule has 3 aromatic rings. The van der Waals surface area contributed by atoms with Gasteiger partial charge >= 0.3 is 0 Å². The summed E-state index contributed by atoms with van der Waals surface area (Å²) in [6.45, 7) is 10.4. The van der Waals surface area contributed by atoms with E-state index < -0.39 is 0 Å². The molecule has 24 heavy (non-hydrogen) atoms.